The predicted octanol–water partition coefficient (Wildman–Crippen LogP) is 2.38. The lowest BCUT2D eigenvalue weighted by molar-refractivity contribution is -0.117. The molecule has 3 heteroatoms. The molecule has 3 nitrogen and oxygen atoms in total. The van der Waals surface area contributed by atoms with E-state index in [4.69, 9.17) is 4.74 Å². The molecule has 1 saturated heterocycles. The number of hydrogen-bond donors (Lipinski definition) is 0. The first-order valence-electron chi connectivity index (χ1n) is 5.05. The van der Waals surface area contributed by atoms with Crippen molar-refractivity contribution in [3.05, 3.63) is 0 Å². The van der Waals surface area contributed by atoms with Crippen LogP contribution in [0.15, 0.2) is 0 Å². The number of carbonyl (C=O) groups excluding carboxylic acids is 2. The molecule has 1 fully saturated rings. The molecule has 0 aromatic rings. The number of rotatable bonds is 1. The second-order valence-corrected chi connectivity index (χ2v) is 3.28. The van der Waals surface area contributed by atoms with Crippen molar-refractivity contribution in [1.82, 2.24) is 0 Å². The zero-order chi connectivity index (χ0) is 11.4. The standard InChI is InChI=1S/2C4H8O.C3H6O/c1-2-4-5-3-1;1-3-4(2)5;1-3(2)4/h1-4H2;3H2,1-2H3;1-2H3. The molecule has 0 aromatic carbocycles. The number of ether oxygens (including phenoxy) is 1. The third-order valence-electron chi connectivity index (χ3n) is 1.33. The molecule has 0 N–H and O–H groups in total. The summed E-state index contributed by atoms with van der Waals surface area (Å²) in [7, 11) is 0. The molecule has 1 heterocycles. The van der Waals surface area contributed by atoms with Crippen molar-refractivity contribution in [2.24, 2.45) is 0 Å². The van der Waals surface area contributed by atoms with E-state index in [1.807, 2.05) is 6.92 Å². The highest BCUT2D eigenvalue weighted by Gasteiger charge is 1.94. The molecular weight excluding hydrogens is 180 g/mol. The van der Waals surface area contributed by atoms with E-state index in [9.17, 15) is 9.59 Å². The summed E-state index contributed by atoms with van der Waals surface area (Å²) < 4.78 is 4.94. The van der Waals surface area contributed by atoms with Crippen LogP contribution in [0.4, 0.5) is 0 Å². The van der Waals surface area contributed by atoms with Gasteiger partial charge in [0.1, 0.15) is 11.6 Å². The minimum Gasteiger partial charge on any atom is -0.381 e. The minimum absolute atomic E-state index is 0.167. The van der Waals surface area contributed by atoms with Crippen molar-refractivity contribution in [3.63, 3.8) is 0 Å². The molecule has 1 aliphatic rings. The Hall–Kier alpha value is -0.700. The second kappa shape index (κ2) is 12.3. The molecule has 0 aromatic heterocycles. The van der Waals surface area contributed by atoms with Crippen LogP contribution < -0.4 is 0 Å². The SMILES string of the molecule is C1CCOC1.CC(C)=O.CCC(C)=O. The summed E-state index contributed by atoms with van der Waals surface area (Å²) in [5.41, 5.74) is 0. The minimum atomic E-state index is 0.167. The van der Waals surface area contributed by atoms with E-state index in [-0.39, 0.29) is 11.6 Å². The van der Waals surface area contributed by atoms with Gasteiger partial charge < -0.3 is 14.3 Å². The van der Waals surface area contributed by atoms with Crippen LogP contribution in [0.1, 0.15) is 47.0 Å². The van der Waals surface area contributed by atoms with Gasteiger partial charge in [-0.1, -0.05) is 6.92 Å². The summed E-state index contributed by atoms with van der Waals surface area (Å²) in [5, 5.41) is 0. The molecule has 84 valence electrons. The van der Waals surface area contributed by atoms with Gasteiger partial charge in [-0.25, -0.2) is 0 Å². The number of ketones is 2. The Bertz CT molecular complexity index is 137. The molecule has 0 radical (unpaired) electrons. The van der Waals surface area contributed by atoms with Crippen LogP contribution in [0.5, 0.6) is 0 Å². The number of carbonyl (C=O) groups is 2. The van der Waals surface area contributed by atoms with Gasteiger partial charge in [0.25, 0.3) is 0 Å². The van der Waals surface area contributed by atoms with Crippen LogP contribution >= 0.6 is 0 Å². The molecule has 0 bridgehead atoms. The van der Waals surface area contributed by atoms with Crippen LogP contribution in [0.25, 0.3) is 0 Å². The van der Waals surface area contributed by atoms with E-state index >= 15 is 0 Å². The summed E-state index contributed by atoms with van der Waals surface area (Å²) in [6.45, 7) is 8.49. The zero-order valence-electron chi connectivity index (χ0n) is 9.76. The second-order valence-electron chi connectivity index (χ2n) is 3.28. The van der Waals surface area contributed by atoms with Crippen LogP contribution in [0.2, 0.25) is 0 Å². The summed E-state index contributed by atoms with van der Waals surface area (Å²) in [6.07, 6.45) is 3.22. The Morgan fingerprint density at radius 2 is 1.36 bits per heavy atom. The van der Waals surface area contributed by atoms with Gasteiger partial charge in [-0.05, 0) is 33.6 Å². The highest BCUT2D eigenvalue weighted by Crippen LogP contribution is 1.98. The highest BCUT2D eigenvalue weighted by atomic mass is 16.5. The lowest BCUT2D eigenvalue weighted by Gasteiger charge is -1.76. The zero-order valence-corrected chi connectivity index (χ0v) is 9.76. The Kier molecular flexibility index (Phi) is 13.8. The van der Waals surface area contributed by atoms with E-state index in [2.05, 4.69) is 0 Å². The van der Waals surface area contributed by atoms with Gasteiger partial charge in [-0.2, -0.15) is 0 Å². The van der Waals surface area contributed by atoms with E-state index < -0.39 is 0 Å². The molecule has 0 atom stereocenters. The number of Topliss-reactive ketones (excluding diaryl/α,β-unsaturated/α-hetero) is 2. The Morgan fingerprint density at radius 3 is 1.43 bits per heavy atom. The smallest absolute Gasteiger partial charge is 0.129 e. The Balaban J connectivity index is 0. The highest BCUT2D eigenvalue weighted by molar-refractivity contribution is 5.74. The van der Waals surface area contributed by atoms with Crippen molar-refractivity contribution in [2.75, 3.05) is 13.2 Å². The fraction of sp³-hybridized carbons (Fsp3) is 0.818. The van der Waals surface area contributed by atoms with Crippen LogP contribution in [0.3, 0.4) is 0 Å². The van der Waals surface area contributed by atoms with E-state index in [1.165, 1.54) is 26.7 Å². The van der Waals surface area contributed by atoms with Gasteiger partial charge in [-0.3, -0.25) is 0 Å². The van der Waals surface area contributed by atoms with Gasteiger partial charge in [-0.15, -0.1) is 0 Å². The molecule has 1 rings (SSSR count). The maximum atomic E-state index is 9.81. The Labute approximate surface area is 86.8 Å². The predicted molar refractivity (Wildman–Crippen MR) is 57.4 cm³/mol. The quantitative estimate of drug-likeness (QED) is 0.655. The maximum absolute atomic E-state index is 9.81. The Morgan fingerprint density at radius 1 is 1.07 bits per heavy atom. The molecule has 0 amide bonds. The molecule has 1 aliphatic heterocycles. The summed E-state index contributed by atoms with van der Waals surface area (Å²) in [4.78, 5) is 19.3. The normalized spacial score (nSPS) is 13.1. The maximum Gasteiger partial charge on any atom is 0.129 e. The molecule has 0 aliphatic carbocycles. The van der Waals surface area contributed by atoms with Gasteiger partial charge in [0.15, 0.2) is 0 Å². The van der Waals surface area contributed by atoms with Crippen molar-refractivity contribution in [2.45, 2.75) is 47.0 Å². The van der Waals surface area contributed by atoms with Crippen LogP contribution in [-0.4, -0.2) is 24.8 Å². The largest absolute Gasteiger partial charge is 0.381 e. The van der Waals surface area contributed by atoms with E-state index in [0.717, 1.165) is 13.2 Å². The third kappa shape index (κ3) is 30.2. The lowest BCUT2D eigenvalue weighted by atomic mass is 10.4. The third-order valence-corrected chi connectivity index (χ3v) is 1.33. The van der Waals surface area contributed by atoms with Crippen molar-refractivity contribution in [1.29, 1.82) is 0 Å². The monoisotopic (exact) mass is 202 g/mol. The van der Waals surface area contributed by atoms with E-state index in [1.54, 1.807) is 6.92 Å². The van der Waals surface area contributed by atoms with E-state index in [0.29, 0.717) is 6.42 Å². The summed E-state index contributed by atoms with van der Waals surface area (Å²) in [6, 6.07) is 0. The van der Waals surface area contributed by atoms with Crippen molar-refractivity contribution < 1.29 is 14.3 Å². The van der Waals surface area contributed by atoms with Gasteiger partial charge in [0.05, 0.1) is 0 Å². The fourth-order valence-electron chi connectivity index (χ4n) is 0.510. The molecule has 14 heavy (non-hydrogen) atoms. The first kappa shape index (κ1) is 15.8. The fourth-order valence-corrected chi connectivity index (χ4v) is 0.510. The summed E-state index contributed by atoms with van der Waals surface area (Å²) in [5.74, 6) is 0.421. The van der Waals surface area contributed by atoms with Crippen LogP contribution in [0, 0.1) is 0 Å². The summed E-state index contributed by atoms with van der Waals surface area (Å²) >= 11 is 0. The average Bonchev–Trinajstić information content (AvgIpc) is 2.59. The molecule has 0 spiro atoms. The average molecular weight is 202 g/mol. The van der Waals surface area contributed by atoms with Gasteiger partial charge >= 0.3 is 0 Å². The van der Waals surface area contributed by atoms with Crippen LogP contribution in [-0.2, 0) is 14.3 Å². The van der Waals surface area contributed by atoms with Crippen molar-refractivity contribution >= 4 is 11.6 Å². The van der Waals surface area contributed by atoms with Crippen molar-refractivity contribution in [3.8, 4) is 0 Å². The first-order chi connectivity index (χ1) is 6.50. The lowest BCUT2D eigenvalue weighted by Crippen LogP contribution is -1.80. The number of hydrogen-bond acceptors (Lipinski definition) is 3. The van der Waals surface area contributed by atoms with Gasteiger partial charge in [0.2, 0.25) is 0 Å². The van der Waals surface area contributed by atoms with Gasteiger partial charge in [0, 0.05) is 19.6 Å². The first-order valence-corrected chi connectivity index (χ1v) is 5.05. The molecule has 0 saturated carbocycles. The molecule has 0 unspecified atom stereocenters. The molecular formula is C11H22O3. The topological polar surface area (TPSA) is 43.4 Å².